The molecule has 2 N–H and O–H groups in total. The summed E-state index contributed by atoms with van der Waals surface area (Å²) in [6.07, 6.45) is 2.89. The number of hydrogen-bond acceptors (Lipinski definition) is 3. The van der Waals surface area contributed by atoms with Gasteiger partial charge in [-0.25, -0.2) is 9.59 Å². The molecule has 2 rings (SSSR count). The number of urea groups is 1. The Morgan fingerprint density at radius 3 is 2.81 bits per heavy atom. The van der Waals surface area contributed by atoms with E-state index in [4.69, 9.17) is 9.84 Å². The van der Waals surface area contributed by atoms with Gasteiger partial charge < -0.3 is 20.1 Å². The topological polar surface area (TPSA) is 78.9 Å². The highest BCUT2D eigenvalue weighted by Crippen LogP contribution is 2.24. The molecule has 6 nitrogen and oxygen atoms in total. The summed E-state index contributed by atoms with van der Waals surface area (Å²) < 4.78 is 5.16. The summed E-state index contributed by atoms with van der Waals surface area (Å²) in [5, 5.41) is 11.4. The number of amides is 2. The lowest BCUT2D eigenvalue weighted by atomic mass is 10.1. The van der Waals surface area contributed by atoms with E-state index in [0.29, 0.717) is 24.5 Å². The predicted molar refractivity (Wildman–Crippen MR) is 78.5 cm³/mol. The number of aliphatic carboxylic acids is 1. The molecule has 0 radical (unpaired) electrons. The summed E-state index contributed by atoms with van der Waals surface area (Å²) in [4.78, 5) is 24.4. The molecule has 1 aliphatic rings. The summed E-state index contributed by atoms with van der Waals surface area (Å²) in [6, 6.07) is 6.56. The second kappa shape index (κ2) is 6.78. The zero-order valence-corrected chi connectivity index (χ0v) is 11.8. The zero-order chi connectivity index (χ0) is 15.2. The monoisotopic (exact) mass is 290 g/mol. The number of rotatable bonds is 4. The van der Waals surface area contributed by atoms with Crippen molar-refractivity contribution in [2.75, 3.05) is 25.0 Å². The first-order chi connectivity index (χ1) is 10.1. The molecular weight excluding hydrogens is 272 g/mol. The van der Waals surface area contributed by atoms with Crippen LogP contribution in [0.15, 0.2) is 35.9 Å². The van der Waals surface area contributed by atoms with E-state index >= 15 is 0 Å². The van der Waals surface area contributed by atoms with Gasteiger partial charge in [-0.3, -0.25) is 0 Å². The van der Waals surface area contributed by atoms with Crippen LogP contribution in [0.4, 0.5) is 10.5 Å². The van der Waals surface area contributed by atoms with Crippen LogP contribution in [0.2, 0.25) is 0 Å². The Balaban J connectivity index is 2.02. The van der Waals surface area contributed by atoms with E-state index in [0.717, 1.165) is 6.42 Å². The Labute approximate surface area is 123 Å². The summed E-state index contributed by atoms with van der Waals surface area (Å²) in [7, 11) is 0. The van der Waals surface area contributed by atoms with Gasteiger partial charge in [-0.1, -0.05) is 23.8 Å². The highest BCUT2D eigenvalue weighted by Gasteiger charge is 2.17. The maximum Gasteiger partial charge on any atom is 0.341 e. The number of carboxylic acid groups (broad SMARTS) is 1. The molecule has 0 saturated carbocycles. The fraction of sp³-hybridized carbons (Fsp3) is 0.333. The van der Waals surface area contributed by atoms with Crippen LogP contribution in [0.3, 0.4) is 0 Å². The van der Waals surface area contributed by atoms with Crippen molar-refractivity contribution < 1.29 is 19.4 Å². The molecule has 0 fully saturated rings. The zero-order valence-electron chi connectivity index (χ0n) is 11.8. The van der Waals surface area contributed by atoms with Gasteiger partial charge in [-0.2, -0.15) is 0 Å². The first kappa shape index (κ1) is 14.9. The van der Waals surface area contributed by atoms with Gasteiger partial charge in [0.2, 0.25) is 0 Å². The molecule has 1 heterocycles. The molecule has 1 aliphatic heterocycles. The van der Waals surface area contributed by atoms with Crippen LogP contribution in [0, 0.1) is 0 Å². The van der Waals surface area contributed by atoms with Crippen LogP contribution in [-0.4, -0.2) is 41.7 Å². The molecule has 0 unspecified atom stereocenters. The van der Waals surface area contributed by atoms with Gasteiger partial charge in [0.1, 0.15) is 5.75 Å². The van der Waals surface area contributed by atoms with E-state index < -0.39 is 12.6 Å². The number of hydrogen-bond donors (Lipinski definition) is 2. The molecule has 2 amide bonds. The predicted octanol–water partition coefficient (Wildman–Crippen LogP) is 2.33. The summed E-state index contributed by atoms with van der Waals surface area (Å²) in [5.74, 6) is -0.718. The van der Waals surface area contributed by atoms with Crippen LogP contribution < -0.4 is 10.1 Å². The Morgan fingerprint density at radius 2 is 2.14 bits per heavy atom. The standard InChI is InChI=1S/C15H18N2O4/c1-11-6-8-17(9-7-11)15(20)16-12-4-2-3-5-13(12)21-10-14(18)19/h2-6H,7-10H2,1H3,(H,16,20)(H,18,19). The molecule has 0 aromatic heterocycles. The number of nitrogens with one attached hydrogen (secondary N) is 1. The van der Waals surface area contributed by atoms with Crippen molar-refractivity contribution in [1.82, 2.24) is 4.90 Å². The van der Waals surface area contributed by atoms with Gasteiger partial charge >= 0.3 is 12.0 Å². The number of benzene rings is 1. The average Bonchev–Trinajstić information content (AvgIpc) is 2.47. The minimum absolute atomic E-state index is 0.217. The molecule has 0 saturated heterocycles. The quantitative estimate of drug-likeness (QED) is 0.834. The van der Waals surface area contributed by atoms with Crippen molar-refractivity contribution in [1.29, 1.82) is 0 Å². The Morgan fingerprint density at radius 1 is 1.38 bits per heavy atom. The van der Waals surface area contributed by atoms with Crippen LogP contribution in [0.5, 0.6) is 5.75 Å². The van der Waals surface area contributed by atoms with Crippen molar-refractivity contribution in [3.8, 4) is 5.75 Å². The van der Waals surface area contributed by atoms with E-state index in [2.05, 4.69) is 5.32 Å². The van der Waals surface area contributed by atoms with Crippen molar-refractivity contribution in [2.45, 2.75) is 13.3 Å². The lowest BCUT2D eigenvalue weighted by Gasteiger charge is -2.26. The lowest BCUT2D eigenvalue weighted by Crippen LogP contribution is -2.37. The lowest BCUT2D eigenvalue weighted by molar-refractivity contribution is -0.139. The van der Waals surface area contributed by atoms with Gasteiger partial charge in [0, 0.05) is 13.1 Å². The molecule has 1 aromatic carbocycles. The normalized spacial score (nSPS) is 14.3. The fourth-order valence-corrected chi connectivity index (χ4v) is 1.98. The van der Waals surface area contributed by atoms with E-state index in [-0.39, 0.29) is 6.03 Å². The highest BCUT2D eigenvalue weighted by atomic mass is 16.5. The number of para-hydroxylation sites is 2. The van der Waals surface area contributed by atoms with Gasteiger partial charge in [0.05, 0.1) is 5.69 Å². The third kappa shape index (κ3) is 4.24. The highest BCUT2D eigenvalue weighted by molar-refractivity contribution is 5.91. The van der Waals surface area contributed by atoms with Crippen molar-refractivity contribution in [3.05, 3.63) is 35.9 Å². The first-order valence-electron chi connectivity index (χ1n) is 6.71. The van der Waals surface area contributed by atoms with Crippen LogP contribution in [0.1, 0.15) is 13.3 Å². The maximum atomic E-state index is 12.2. The van der Waals surface area contributed by atoms with E-state index in [9.17, 15) is 9.59 Å². The molecule has 0 atom stereocenters. The first-order valence-corrected chi connectivity index (χ1v) is 6.71. The second-order valence-electron chi connectivity index (χ2n) is 4.86. The number of ether oxygens (including phenoxy) is 1. The number of carbonyl (C=O) groups excluding carboxylic acids is 1. The smallest absolute Gasteiger partial charge is 0.341 e. The molecule has 6 heteroatoms. The number of carbonyl (C=O) groups is 2. The van der Waals surface area contributed by atoms with Gasteiger partial charge in [0.25, 0.3) is 0 Å². The number of nitrogens with zero attached hydrogens (tertiary/aromatic N) is 1. The third-order valence-electron chi connectivity index (χ3n) is 3.20. The van der Waals surface area contributed by atoms with E-state index in [1.807, 2.05) is 13.0 Å². The van der Waals surface area contributed by atoms with Gasteiger partial charge in [-0.15, -0.1) is 0 Å². The van der Waals surface area contributed by atoms with Gasteiger partial charge in [0.15, 0.2) is 6.61 Å². The van der Waals surface area contributed by atoms with Crippen LogP contribution in [0.25, 0.3) is 0 Å². The van der Waals surface area contributed by atoms with E-state index in [1.54, 1.807) is 29.2 Å². The molecule has 21 heavy (non-hydrogen) atoms. The average molecular weight is 290 g/mol. The summed E-state index contributed by atoms with van der Waals surface area (Å²) in [6.45, 7) is 2.85. The van der Waals surface area contributed by atoms with Crippen molar-refractivity contribution in [3.63, 3.8) is 0 Å². The molecule has 1 aromatic rings. The van der Waals surface area contributed by atoms with Crippen LogP contribution in [-0.2, 0) is 4.79 Å². The maximum absolute atomic E-state index is 12.2. The summed E-state index contributed by atoms with van der Waals surface area (Å²) >= 11 is 0. The number of anilines is 1. The second-order valence-corrected chi connectivity index (χ2v) is 4.86. The molecule has 0 aliphatic carbocycles. The Bertz CT molecular complexity index is 569. The fourth-order valence-electron chi connectivity index (χ4n) is 1.98. The molecule has 0 spiro atoms. The van der Waals surface area contributed by atoms with Gasteiger partial charge in [-0.05, 0) is 25.5 Å². The third-order valence-corrected chi connectivity index (χ3v) is 3.20. The SMILES string of the molecule is CC1=CCN(C(=O)Nc2ccccc2OCC(=O)O)CC1. The van der Waals surface area contributed by atoms with Crippen LogP contribution >= 0.6 is 0 Å². The van der Waals surface area contributed by atoms with E-state index in [1.165, 1.54) is 5.57 Å². The molecule has 112 valence electrons. The summed E-state index contributed by atoms with van der Waals surface area (Å²) in [5.41, 5.74) is 1.75. The Kier molecular flexibility index (Phi) is 4.81. The van der Waals surface area contributed by atoms with Crippen molar-refractivity contribution in [2.24, 2.45) is 0 Å². The number of carboxylic acids is 1. The minimum Gasteiger partial charge on any atom is -0.480 e. The molecular formula is C15H18N2O4. The largest absolute Gasteiger partial charge is 0.480 e. The van der Waals surface area contributed by atoms with Crippen molar-refractivity contribution >= 4 is 17.7 Å². The minimum atomic E-state index is -1.06. The Hall–Kier alpha value is -2.50. The molecule has 0 bridgehead atoms.